The van der Waals surface area contributed by atoms with Gasteiger partial charge in [0, 0.05) is 22.1 Å². The van der Waals surface area contributed by atoms with E-state index in [1.165, 1.54) is 29.7 Å². The summed E-state index contributed by atoms with van der Waals surface area (Å²) in [7, 11) is 1.55. The molecule has 0 amide bonds. The summed E-state index contributed by atoms with van der Waals surface area (Å²) in [6.07, 6.45) is 8.44. The summed E-state index contributed by atoms with van der Waals surface area (Å²) in [5.74, 6) is 0.392. The molecule has 1 aliphatic carbocycles. The van der Waals surface area contributed by atoms with Crippen molar-refractivity contribution < 1.29 is 9.84 Å². The van der Waals surface area contributed by atoms with E-state index in [0.29, 0.717) is 11.6 Å². The second-order valence-electron chi connectivity index (χ2n) is 5.01. The third-order valence-corrected chi connectivity index (χ3v) is 4.97. The molecule has 0 fully saturated rings. The van der Waals surface area contributed by atoms with Crippen LogP contribution in [0.3, 0.4) is 0 Å². The molecule has 1 N–H and O–H groups in total. The third kappa shape index (κ3) is 2.55. The molecular formula is C15H18N2O2S. The van der Waals surface area contributed by atoms with Gasteiger partial charge >= 0.3 is 0 Å². The van der Waals surface area contributed by atoms with Gasteiger partial charge in [-0.25, -0.2) is 4.98 Å². The van der Waals surface area contributed by atoms with Gasteiger partial charge in [0.15, 0.2) is 0 Å². The molecular weight excluding hydrogens is 272 g/mol. The largest absolute Gasteiger partial charge is 0.480 e. The van der Waals surface area contributed by atoms with Crippen molar-refractivity contribution in [1.29, 1.82) is 0 Å². The minimum Gasteiger partial charge on any atom is -0.480 e. The van der Waals surface area contributed by atoms with E-state index in [1.807, 2.05) is 0 Å². The van der Waals surface area contributed by atoms with Crippen molar-refractivity contribution in [2.24, 2.45) is 0 Å². The van der Waals surface area contributed by atoms with Crippen LogP contribution in [0, 0.1) is 0 Å². The number of aryl methyl sites for hydroxylation is 2. The molecule has 1 aliphatic rings. The quantitative estimate of drug-likeness (QED) is 0.883. The zero-order valence-corrected chi connectivity index (χ0v) is 12.3. The lowest BCUT2D eigenvalue weighted by atomic mass is 10.1. The maximum Gasteiger partial charge on any atom is 0.238 e. The van der Waals surface area contributed by atoms with Crippen molar-refractivity contribution in [1.82, 2.24) is 9.97 Å². The summed E-state index contributed by atoms with van der Waals surface area (Å²) in [6.45, 7) is 0. The number of thiophene rings is 1. The van der Waals surface area contributed by atoms with Gasteiger partial charge in [0.25, 0.3) is 0 Å². The van der Waals surface area contributed by atoms with Crippen LogP contribution in [0.4, 0.5) is 0 Å². The number of hydrogen-bond acceptors (Lipinski definition) is 5. The molecule has 2 aromatic rings. The van der Waals surface area contributed by atoms with E-state index in [2.05, 4.69) is 16.0 Å². The highest BCUT2D eigenvalue weighted by Gasteiger charge is 2.22. The molecule has 0 bridgehead atoms. The average Bonchev–Trinajstić information content (AvgIpc) is 2.77. The Balaban J connectivity index is 1.92. The van der Waals surface area contributed by atoms with Gasteiger partial charge in [0.05, 0.1) is 7.11 Å². The normalized spacial score (nSPS) is 16.3. The Morgan fingerprint density at radius 3 is 2.85 bits per heavy atom. The average molecular weight is 290 g/mol. The van der Waals surface area contributed by atoms with Gasteiger partial charge < -0.3 is 9.84 Å². The van der Waals surface area contributed by atoms with Crippen LogP contribution in [-0.4, -0.2) is 22.2 Å². The van der Waals surface area contributed by atoms with Crippen LogP contribution < -0.4 is 4.74 Å². The highest BCUT2D eigenvalue weighted by Crippen LogP contribution is 2.35. The minimum absolute atomic E-state index is 0.392. The molecule has 1 unspecified atom stereocenters. The van der Waals surface area contributed by atoms with Crippen molar-refractivity contribution in [2.75, 3.05) is 7.11 Å². The number of aliphatic hydroxyl groups is 1. The first-order chi connectivity index (χ1) is 9.79. The molecule has 0 saturated carbocycles. The Hall–Kier alpha value is -1.46. The highest BCUT2D eigenvalue weighted by molar-refractivity contribution is 7.12. The Labute approximate surface area is 122 Å². The van der Waals surface area contributed by atoms with Crippen LogP contribution in [0.25, 0.3) is 0 Å². The summed E-state index contributed by atoms with van der Waals surface area (Å²) < 4.78 is 5.18. The zero-order valence-electron chi connectivity index (χ0n) is 11.5. The number of nitrogens with zero attached hydrogens (tertiary/aromatic N) is 2. The molecule has 0 aliphatic heterocycles. The molecule has 0 spiro atoms. The Kier molecular flexibility index (Phi) is 3.98. The van der Waals surface area contributed by atoms with Crippen LogP contribution in [0.1, 0.15) is 46.4 Å². The Bertz CT molecular complexity index is 574. The van der Waals surface area contributed by atoms with Crippen molar-refractivity contribution in [2.45, 2.75) is 38.2 Å². The molecule has 2 heterocycles. The molecule has 2 aromatic heterocycles. The van der Waals surface area contributed by atoms with E-state index < -0.39 is 6.10 Å². The van der Waals surface area contributed by atoms with Crippen molar-refractivity contribution in [3.05, 3.63) is 39.5 Å². The number of hydrogen-bond donors (Lipinski definition) is 1. The van der Waals surface area contributed by atoms with E-state index in [1.54, 1.807) is 30.8 Å². The molecule has 0 radical (unpaired) electrons. The monoisotopic (exact) mass is 290 g/mol. The zero-order chi connectivity index (χ0) is 13.9. The number of aliphatic hydroxyl groups excluding tert-OH is 1. The van der Waals surface area contributed by atoms with Crippen LogP contribution in [0.15, 0.2) is 18.5 Å². The van der Waals surface area contributed by atoms with E-state index >= 15 is 0 Å². The van der Waals surface area contributed by atoms with E-state index in [0.717, 1.165) is 17.7 Å². The number of fused-ring (bicyclic) bond motifs is 1. The molecule has 0 saturated heterocycles. The Morgan fingerprint density at radius 2 is 2.00 bits per heavy atom. The van der Waals surface area contributed by atoms with E-state index in [4.69, 9.17) is 4.74 Å². The smallest absolute Gasteiger partial charge is 0.238 e. The van der Waals surface area contributed by atoms with Gasteiger partial charge in [-0.1, -0.05) is 6.42 Å². The fraction of sp³-hybridized carbons (Fsp3) is 0.467. The lowest BCUT2D eigenvalue weighted by molar-refractivity contribution is 0.211. The summed E-state index contributed by atoms with van der Waals surface area (Å²) in [5.41, 5.74) is 1.89. The molecule has 3 rings (SSSR count). The lowest BCUT2D eigenvalue weighted by Crippen LogP contribution is -2.04. The van der Waals surface area contributed by atoms with Gasteiger partial charge in [-0.05, 0) is 37.3 Å². The highest BCUT2D eigenvalue weighted by atomic mass is 32.1. The van der Waals surface area contributed by atoms with Gasteiger partial charge in [-0.3, -0.25) is 4.98 Å². The predicted molar refractivity (Wildman–Crippen MR) is 78.2 cm³/mol. The predicted octanol–water partition coefficient (Wildman–Crippen LogP) is 2.90. The van der Waals surface area contributed by atoms with Crippen LogP contribution in [0.5, 0.6) is 5.88 Å². The SMILES string of the molecule is COc1nccnc1C(O)c1cc2c(s1)CCCCC2. The van der Waals surface area contributed by atoms with Gasteiger partial charge in [-0.15, -0.1) is 11.3 Å². The van der Waals surface area contributed by atoms with Crippen molar-refractivity contribution >= 4 is 11.3 Å². The maximum absolute atomic E-state index is 10.6. The van der Waals surface area contributed by atoms with Crippen LogP contribution in [-0.2, 0) is 12.8 Å². The first-order valence-corrected chi connectivity index (χ1v) is 7.75. The van der Waals surface area contributed by atoms with Gasteiger partial charge in [0.2, 0.25) is 5.88 Å². The number of methoxy groups -OCH3 is 1. The van der Waals surface area contributed by atoms with Gasteiger partial charge in [-0.2, -0.15) is 0 Å². The molecule has 0 aromatic carbocycles. The fourth-order valence-electron chi connectivity index (χ4n) is 2.64. The standard InChI is InChI=1S/C15H18N2O2S/c1-19-15-13(16-7-8-17-15)14(18)12-9-10-5-3-2-4-6-11(10)20-12/h7-9,14,18H,2-6H2,1H3. The third-order valence-electron chi connectivity index (χ3n) is 3.68. The first kappa shape index (κ1) is 13.5. The lowest BCUT2D eigenvalue weighted by Gasteiger charge is -2.10. The van der Waals surface area contributed by atoms with Crippen LogP contribution >= 0.6 is 11.3 Å². The fourth-order valence-corrected chi connectivity index (χ4v) is 3.89. The summed E-state index contributed by atoms with van der Waals surface area (Å²) in [5, 5.41) is 10.6. The van der Waals surface area contributed by atoms with E-state index in [-0.39, 0.29) is 0 Å². The number of ether oxygens (including phenoxy) is 1. The van der Waals surface area contributed by atoms with Gasteiger partial charge in [0.1, 0.15) is 11.8 Å². The maximum atomic E-state index is 10.6. The number of rotatable bonds is 3. The molecule has 4 nitrogen and oxygen atoms in total. The molecule has 20 heavy (non-hydrogen) atoms. The van der Waals surface area contributed by atoms with Crippen LogP contribution in [0.2, 0.25) is 0 Å². The van der Waals surface area contributed by atoms with E-state index in [9.17, 15) is 5.11 Å². The molecule has 106 valence electrons. The topological polar surface area (TPSA) is 55.2 Å². The Morgan fingerprint density at radius 1 is 1.20 bits per heavy atom. The second-order valence-corrected chi connectivity index (χ2v) is 6.18. The first-order valence-electron chi connectivity index (χ1n) is 6.94. The van der Waals surface area contributed by atoms with Crippen molar-refractivity contribution in [3.63, 3.8) is 0 Å². The second kappa shape index (κ2) is 5.89. The summed E-state index contributed by atoms with van der Waals surface area (Å²) in [6, 6.07) is 2.13. The van der Waals surface area contributed by atoms with Crippen molar-refractivity contribution in [3.8, 4) is 5.88 Å². The molecule has 5 heteroatoms. The number of aromatic nitrogens is 2. The minimum atomic E-state index is -0.754. The molecule has 1 atom stereocenters. The summed E-state index contributed by atoms with van der Waals surface area (Å²) >= 11 is 1.70. The summed E-state index contributed by atoms with van der Waals surface area (Å²) in [4.78, 5) is 10.7.